The Bertz CT molecular complexity index is 424. The highest BCUT2D eigenvalue weighted by molar-refractivity contribution is 5.79. The Balaban J connectivity index is 2.09. The monoisotopic (exact) mass is 289 g/mol. The van der Waals surface area contributed by atoms with Crippen LogP contribution < -0.4 is 0 Å². The average Bonchev–Trinajstić information content (AvgIpc) is 2.81. The van der Waals surface area contributed by atoms with Crippen molar-refractivity contribution in [1.29, 1.82) is 0 Å². The molecule has 116 valence electrons. The maximum atomic E-state index is 12.8. The summed E-state index contributed by atoms with van der Waals surface area (Å²) in [5.74, 6) is 0.418. The van der Waals surface area contributed by atoms with Crippen LogP contribution in [-0.4, -0.2) is 29.6 Å². The molecule has 1 N–H and O–H groups in total. The van der Waals surface area contributed by atoms with Gasteiger partial charge in [0.05, 0.1) is 6.04 Å². The first-order valence-corrected chi connectivity index (χ1v) is 8.16. The molecule has 1 unspecified atom stereocenters. The van der Waals surface area contributed by atoms with E-state index in [4.69, 9.17) is 0 Å². The van der Waals surface area contributed by atoms with Crippen LogP contribution in [0.25, 0.3) is 0 Å². The van der Waals surface area contributed by atoms with E-state index in [1.165, 1.54) is 25.7 Å². The van der Waals surface area contributed by atoms with E-state index in [1.54, 1.807) is 0 Å². The molecule has 1 saturated carbocycles. The Morgan fingerprint density at radius 2 is 1.81 bits per heavy atom. The zero-order valence-corrected chi connectivity index (χ0v) is 13.0. The summed E-state index contributed by atoms with van der Waals surface area (Å²) < 4.78 is 0. The molecule has 1 amide bonds. The standard InChI is InChI=1S/C18H27NO2/c1-19(18(21)16-11-5-2-3-6-12-16)17(13-14-20)15-9-7-4-8-10-15/h4,7-10,16-17,20H,2-3,5-6,11-14H2,1H3. The summed E-state index contributed by atoms with van der Waals surface area (Å²) in [6, 6.07) is 10.0. The van der Waals surface area contributed by atoms with Crippen molar-refractivity contribution < 1.29 is 9.90 Å². The fraction of sp³-hybridized carbons (Fsp3) is 0.611. The van der Waals surface area contributed by atoms with Crippen molar-refractivity contribution in [3.8, 4) is 0 Å². The lowest BCUT2D eigenvalue weighted by Crippen LogP contribution is -2.36. The van der Waals surface area contributed by atoms with Crippen molar-refractivity contribution in [2.24, 2.45) is 5.92 Å². The maximum absolute atomic E-state index is 12.8. The second kappa shape index (κ2) is 8.18. The van der Waals surface area contributed by atoms with Crippen molar-refractivity contribution in [2.45, 2.75) is 51.0 Å². The predicted octanol–water partition coefficient (Wildman–Crippen LogP) is 3.54. The number of hydrogen-bond donors (Lipinski definition) is 1. The van der Waals surface area contributed by atoms with E-state index in [1.807, 2.05) is 42.3 Å². The Labute approximate surface area is 128 Å². The third-order valence-corrected chi connectivity index (χ3v) is 4.61. The first kappa shape index (κ1) is 16.0. The number of amides is 1. The molecule has 2 rings (SSSR count). The van der Waals surface area contributed by atoms with Crippen LogP contribution >= 0.6 is 0 Å². The second-order valence-corrected chi connectivity index (χ2v) is 6.08. The molecule has 0 spiro atoms. The third kappa shape index (κ3) is 4.31. The van der Waals surface area contributed by atoms with Crippen LogP contribution in [0.2, 0.25) is 0 Å². The molecule has 1 aliphatic carbocycles. The van der Waals surface area contributed by atoms with Gasteiger partial charge in [-0.2, -0.15) is 0 Å². The normalized spacial score (nSPS) is 18.0. The van der Waals surface area contributed by atoms with Crippen molar-refractivity contribution >= 4 is 5.91 Å². The van der Waals surface area contributed by atoms with Crippen LogP contribution in [0.3, 0.4) is 0 Å². The lowest BCUT2D eigenvalue weighted by Gasteiger charge is -2.31. The first-order valence-electron chi connectivity index (χ1n) is 8.16. The van der Waals surface area contributed by atoms with E-state index in [0.717, 1.165) is 18.4 Å². The minimum atomic E-state index is -0.0213. The van der Waals surface area contributed by atoms with Crippen molar-refractivity contribution in [2.75, 3.05) is 13.7 Å². The number of aliphatic hydroxyl groups is 1. The van der Waals surface area contributed by atoms with Gasteiger partial charge >= 0.3 is 0 Å². The highest BCUT2D eigenvalue weighted by Crippen LogP contribution is 2.29. The zero-order valence-electron chi connectivity index (χ0n) is 13.0. The van der Waals surface area contributed by atoms with Crippen LogP contribution in [-0.2, 0) is 4.79 Å². The molecule has 3 heteroatoms. The van der Waals surface area contributed by atoms with Crippen LogP contribution in [0.5, 0.6) is 0 Å². The average molecular weight is 289 g/mol. The molecule has 0 radical (unpaired) electrons. The summed E-state index contributed by atoms with van der Waals surface area (Å²) in [5, 5.41) is 9.35. The Kier molecular flexibility index (Phi) is 6.24. The molecule has 1 aromatic rings. The van der Waals surface area contributed by atoms with Crippen molar-refractivity contribution in [3.05, 3.63) is 35.9 Å². The SMILES string of the molecule is CN(C(=O)C1CCCCCC1)C(CCO)c1ccccc1. The lowest BCUT2D eigenvalue weighted by molar-refractivity contribution is -0.137. The molecular weight excluding hydrogens is 262 g/mol. The van der Waals surface area contributed by atoms with Gasteiger partial charge in [0.2, 0.25) is 5.91 Å². The number of carbonyl (C=O) groups is 1. The van der Waals surface area contributed by atoms with E-state index in [-0.39, 0.29) is 24.5 Å². The molecule has 0 aliphatic heterocycles. The summed E-state index contributed by atoms with van der Waals surface area (Å²) in [7, 11) is 1.89. The molecular formula is C18H27NO2. The van der Waals surface area contributed by atoms with E-state index < -0.39 is 0 Å². The molecule has 1 atom stereocenters. The summed E-state index contributed by atoms with van der Waals surface area (Å²) in [4.78, 5) is 14.6. The van der Waals surface area contributed by atoms with Crippen LogP contribution in [0, 0.1) is 5.92 Å². The Morgan fingerprint density at radius 1 is 1.19 bits per heavy atom. The topological polar surface area (TPSA) is 40.5 Å². The number of rotatable bonds is 5. The number of aliphatic hydroxyl groups excluding tert-OH is 1. The van der Waals surface area contributed by atoms with Crippen LogP contribution in [0.1, 0.15) is 56.6 Å². The van der Waals surface area contributed by atoms with Gasteiger partial charge in [0.25, 0.3) is 0 Å². The van der Waals surface area contributed by atoms with Crippen molar-refractivity contribution in [3.63, 3.8) is 0 Å². The van der Waals surface area contributed by atoms with Gasteiger partial charge in [-0.25, -0.2) is 0 Å². The van der Waals surface area contributed by atoms with Gasteiger partial charge in [-0.05, 0) is 24.8 Å². The lowest BCUT2D eigenvalue weighted by atomic mass is 9.96. The first-order chi connectivity index (χ1) is 10.2. The molecule has 0 heterocycles. The summed E-state index contributed by atoms with van der Waals surface area (Å²) >= 11 is 0. The highest BCUT2D eigenvalue weighted by atomic mass is 16.3. The molecule has 1 fully saturated rings. The molecule has 0 aromatic heterocycles. The van der Waals surface area contributed by atoms with Gasteiger partial charge in [0.15, 0.2) is 0 Å². The minimum Gasteiger partial charge on any atom is -0.396 e. The van der Waals surface area contributed by atoms with Crippen LogP contribution in [0.4, 0.5) is 0 Å². The van der Waals surface area contributed by atoms with Crippen LogP contribution in [0.15, 0.2) is 30.3 Å². The highest BCUT2D eigenvalue weighted by Gasteiger charge is 2.27. The van der Waals surface area contributed by atoms with E-state index >= 15 is 0 Å². The number of nitrogens with zero attached hydrogens (tertiary/aromatic N) is 1. The van der Waals surface area contributed by atoms with E-state index in [0.29, 0.717) is 6.42 Å². The summed E-state index contributed by atoms with van der Waals surface area (Å²) in [6.07, 6.45) is 7.48. The van der Waals surface area contributed by atoms with Gasteiger partial charge in [-0.15, -0.1) is 0 Å². The zero-order chi connectivity index (χ0) is 15.1. The second-order valence-electron chi connectivity index (χ2n) is 6.08. The fourth-order valence-corrected chi connectivity index (χ4v) is 3.35. The van der Waals surface area contributed by atoms with Crippen molar-refractivity contribution in [1.82, 2.24) is 4.90 Å². The number of hydrogen-bond acceptors (Lipinski definition) is 2. The quantitative estimate of drug-likeness (QED) is 0.842. The third-order valence-electron chi connectivity index (χ3n) is 4.61. The van der Waals surface area contributed by atoms with Gasteiger partial charge in [0, 0.05) is 19.6 Å². The van der Waals surface area contributed by atoms with E-state index in [2.05, 4.69) is 0 Å². The van der Waals surface area contributed by atoms with Gasteiger partial charge in [0.1, 0.15) is 0 Å². The molecule has 21 heavy (non-hydrogen) atoms. The van der Waals surface area contributed by atoms with Gasteiger partial charge in [-0.1, -0.05) is 56.0 Å². The largest absolute Gasteiger partial charge is 0.396 e. The molecule has 1 aromatic carbocycles. The summed E-state index contributed by atoms with van der Waals surface area (Å²) in [6.45, 7) is 0.0991. The number of carbonyl (C=O) groups excluding carboxylic acids is 1. The number of benzene rings is 1. The Morgan fingerprint density at radius 3 is 2.38 bits per heavy atom. The maximum Gasteiger partial charge on any atom is 0.225 e. The smallest absolute Gasteiger partial charge is 0.225 e. The molecule has 0 saturated heterocycles. The van der Waals surface area contributed by atoms with Gasteiger partial charge < -0.3 is 10.0 Å². The summed E-state index contributed by atoms with van der Waals surface area (Å²) in [5.41, 5.74) is 1.11. The molecule has 0 bridgehead atoms. The minimum absolute atomic E-state index is 0.0213. The molecule has 3 nitrogen and oxygen atoms in total. The van der Waals surface area contributed by atoms with E-state index in [9.17, 15) is 9.90 Å². The van der Waals surface area contributed by atoms with Gasteiger partial charge in [-0.3, -0.25) is 4.79 Å². The molecule has 1 aliphatic rings. The predicted molar refractivity (Wildman–Crippen MR) is 84.8 cm³/mol. The fourth-order valence-electron chi connectivity index (χ4n) is 3.35. The Hall–Kier alpha value is -1.35.